The lowest BCUT2D eigenvalue weighted by Crippen LogP contribution is -2.49. The zero-order valence-corrected chi connectivity index (χ0v) is 10.6. The fourth-order valence-electron chi connectivity index (χ4n) is 2.27. The van der Waals surface area contributed by atoms with Crippen LogP contribution < -0.4 is 4.90 Å². The second-order valence-electron chi connectivity index (χ2n) is 4.67. The largest absolute Gasteiger partial charge is 0.369 e. The predicted octanol–water partition coefficient (Wildman–Crippen LogP) is 2.03. The minimum absolute atomic E-state index is 0.0367. The van der Waals surface area contributed by atoms with Crippen LogP contribution in [0.1, 0.15) is 12.5 Å². The molecule has 1 aromatic carbocycles. The van der Waals surface area contributed by atoms with Gasteiger partial charge in [0.05, 0.1) is 12.1 Å². The quantitative estimate of drug-likeness (QED) is 0.777. The summed E-state index contributed by atoms with van der Waals surface area (Å²) in [6, 6.07) is 11.0. The van der Waals surface area contributed by atoms with E-state index in [0.29, 0.717) is 0 Å². The maximum Gasteiger partial charge on any atom is 0.0950 e. The standard InChI is InChI=1S/C14H19N3/c1-12-4-3-5-14(10-12)17-8-6-16(7-9-17)13(2)11-15/h3-5,10,13H,6-9H2,1-2H3. The minimum Gasteiger partial charge on any atom is -0.369 e. The number of rotatable bonds is 2. The minimum atomic E-state index is 0.0367. The number of nitrogens with zero attached hydrogens (tertiary/aromatic N) is 3. The van der Waals surface area contributed by atoms with Crippen LogP contribution in [-0.2, 0) is 0 Å². The molecule has 1 aromatic rings. The van der Waals surface area contributed by atoms with E-state index in [9.17, 15) is 0 Å². The van der Waals surface area contributed by atoms with Gasteiger partial charge in [-0.25, -0.2) is 0 Å². The molecule has 3 heteroatoms. The van der Waals surface area contributed by atoms with Gasteiger partial charge < -0.3 is 4.90 Å². The van der Waals surface area contributed by atoms with Crippen LogP contribution in [0.2, 0.25) is 0 Å². The number of anilines is 1. The topological polar surface area (TPSA) is 30.3 Å². The van der Waals surface area contributed by atoms with Gasteiger partial charge in [-0.05, 0) is 31.5 Å². The molecule has 0 aliphatic carbocycles. The van der Waals surface area contributed by atoms with Crippen molar-refractivity contribution in [1.29, 1.82) is 5.26 Å². The van der Waals surface area contributed by atoms with E-state index >= 15 is 0 Å². The summed E-state index contributed by atoms with van der Waals surface area (Å²) in [5.41, 5.74) is 2.60. The van der Waals surface area contributed by atoms with E-state index < -0.39 is 0 Å². The summed E-state index contributed by atoms with van der Waals surface area (Å²) in [6.45, 7) is 8.07. The normalized spacial score (nSPS) is 18.8. The third-order valence-electron chi connectivity index (χ3n) is 3.42. The first-order valence-corrected chi connectivity index (χ1v) is 6.16. The van der Waals surface area contributed by atoms with Crippen molar-refractivity contribution < 1.29 is 0 Å². The number of hydrogen-bond acceptors (Lipinski definition) is 3. The molecule has 1 saturated heterocycles. The number of hydrogen-bond donors (Lipinski definition) is 0. The van der Waals surface area contributed by atoms with Crippen LogP contribution >= 0.6 is 0 Å². The summed E-state index contributed by atoms with van der Waals surface area (Å²) >= 11 is 0. The van der Waals surface area contributed by atoms with Crippen molar-refractivity contribution in [2.24, 2.45) is 0 Å². The maximum atomic E-state index is 8.90. The van der Waals surface area contributed by atoms with Crippen molar-refractivity contribution in [3.63, 3.8) is 0 Å². The summed E-state index contributed by atoms with van der Waals surface area (Å²) < 4.78 is 0. The molecule has 90 valence electrons. The van der Waals surface area contributed by atoms with Gasteiger partial charge >= 0.3 is 0 Å². The van der Waals surface area contributed by atoms with E-state index in [1.807, 2.05) is 6.92 Å². The maximum absolute atomic E-state index is 8.90. The fourth-order valence-corrected chi connectivity index (χ4v) is 2.27. The lowest BCUT2D eigenvalue weighted by molar-refractivity contribution is 0.231. The lowest BCUT2D eigenvalue weighted by Gasteiger charge is -2.37. The van der Waals surface area contributed by atoms with Crippen LogP contribution in [0, 0.1) is 18.3 Å². The third-order valence-corrected chi connectivity index (χ3v) is 3.42. The van der Waals surface area contributed by atoms with E-state index in [1.165, 1.54) is 11.3 Å². The molecule has 0 bridgehead atoms. The zero-order chi connectivity index (χ0) is 12.3. The van der Waals surface area contributed by atoms with Crippen LogP contribution in [0.15, 0.2) is 24.3 Å². The first-order valence-electron chi connectivity index (χ1n) is 6.16. The molecule has 0 saturated carbocycles. The Kier molecular flexibility index (Phi) is 3.65. The Morgan fingerprint density at radius 2 is 1.94 bits per heavy atom. The lowest BCUT2D eigenvalue weighted by atomic mass is 10.2. The molecular formula is C14H19N3. The van der Waals surface area contributed by atoms with Gasteiger partial charge in [0, 0.05) is 31.9 Å². The van der Waals surface area contributed by atoms with Crippen molar-refractivity contribution in [2.45, 2.75) is 19.9 Å². The number of piperazine rings is 1. The summed E-state index contributed by atoms with van der Waals surface area (Å²) in [5.74, 6) is 0. The number of aryl methyl sites for hydroxylation is 1. The Balaban J connectivity index is 1.98. The molecule has 0 radical (unpaired) electrons. The van der Waals surface area contributed by atoms with Crippen LogP contribution in [-0.4, -0.2) is 37.1 Å². The zero-order valence-electron chi connectivity index (χ0n) is 10.6. The number of benzene rings is 1. The van der Waals surface area contributed by atoms with Crippen LogP contribution in [0.4, 0.5) is 5.69 Å². The molecule has 1 heterocycles. The summed E-state index contributed by atoms with van der Waals surface area (Å²) in [4.78, 5) is 4.64. The van der Waals surface area contributed by atoms with Gasteiger partial charge in [0.2, 0.25) is 0 Å². The van der Waals surface area contributed by atoms with Gasteiger partial charge in [0.15, 0.2) is 0 Å². The summed E-state index contributed by atoms with van der Waals surface area (Å²) in [6.07, 6.45) is 0. The molecule has 1 aliphatic heterocycles. The van der Waals surface area contributed by atoms with Gasteiger partial charge in [-0.1, -0.05) is 12.1 Å². The highest BCUT2D eigenvalue weighted by atomic mass is 15.3. The molecule has 1 aliphatic rings. The molecule has 1 fully saturated rings. The van der Waals surface area contributed by atoms with Gasteiger partial charge in [-0.3, -0.25) is 4.90 Å². The highest BCUT2D eigenvalue weighted by molar-refractivity contribution is 5.48. The Bertz CT molecular complexity index is 414. The highest BCUT2D eigenvalue weighted by Gasteiger charge is 2.20. The van der Waals surface area contributed by atoms with Crippen molar-refractivity contribution in [3.05, 3.63) is 29.8 Å². The molecule has 0 aromatic heterocycles. The van der Waals surface area contributed by atoms with Crippen LogP contribution in [0.25, 0.3) is 0 Å². The summed E-state index contributed by atoms with van der Waals surface area (Å²) in [5, 5.41) is 8.90. The summed E-state index contributed by atoms with van der Waals surface area (Å²) in [7, 11) is 0. The predicted molar refractivity (Wildman–Crippen MR) is 70.0 cm³/mol. The molecule has 17 heavy (non-hydrogen) atoms. The van der Waals surface area contributed by atoms with Crippen molar-refractivity contribution in [1.82, 2.24) is 4.90 Å². The Hall–Kier alpha value is -1.53. The second kappa shape index (κ2) is 5.20. The van der Waals surface area contributed by atoms with E-state index in [-0.39, 0.29) is 6.04 Å². The smallest absolute Gasteiger partial charge is 0.0950 e. The molecule has 1 atom stereocenters. The molecule has 0 N–H and O–H groups in total. The molecule has 2 rings (SSSR count). The van der Waals surface area contributed by atoms with Crippen molar-refractivity contribution in [2.75, 3.05) is 31.1 Å². The molecule has 0 amide bonds. The molecule has 1 unspecified atom stereocenters. The van der Waals surface area contributed by atoms with E-state index in [4.69, 9.17) is 5.26 Å². The van der Waals surface area contributed by atoms with Crippen molar-refractivity contribution >= 4 is 5.69 Å². The van der Waals surface area contributed by atoms with Gasteiger partial charge in [0.25, 0.3) is 0 Å². The van der Waals surface area contributed by atoms with Gasteiger partial charge in [0.1, 0.15) is 0 Å². The Morgan fingerprint density at radius 3 is 2.53 bits per heavy atom. The SMILES string of the molecule is Cc1cccc(N2CCN(C(C)C#N)CC2)c1. The van der Waals surface area contributed by atoms with Gasteiger partial charge in [-0.2, -0.15) is 5.26 Å². The fraction of sp³-hybridized carbons (Fsp3) is 0.500. The monoisotopic (exact) mass is 229 g/mol. The van der Waals surface area contributed by atoms with Gasteiger partial charge in [-0.15, -0.1) is 0 Å². The Morgan fingerprint density at radius 1 is 1.24 bits per heavy atom. The van der Waals surface area contributed by atoms with Crippen LogP contribution in [0.3, 0.4) is 0 Å². The molecule has 3 nitrogen and oxygen atoms in total. The molecular weight excluding hydrogens is 210 g/mol. The number of nitriles is 1. The van der Waals surface area contributed by atoms with E-state index in [2.05, 4.69) is 47.1 Å². The first-order chi connectivity index (χ1) is 8.20. The van der Waals surface area contributed by atoms with Crippen molar-refractivity contribution in [3.8, 4) is 6.07 Å². The third kappa shape index (κ3) is 2.78. The first kappa shape index (κ1) is 11.9. The Labute approximate surface area is 103 Å². The van der Waals surface area contributed by atoms with E-state index in [1.54, 1.807) is 0 Å². The average molecular weight is 229 g/mol. The van der Waals surface area contributed by atoms with E-state index in [0.717, 1.165) is 26.2 Å². The van der Waals surface area contributed by atoms with Crippen LogP contribution in [0.5, 0.6) is 0 Å². The highest BCUT2D eigenvalue weighted by Crippen LogP contribution is 2.18. The second-order valence-corrected chi connectivity index (χ2v) is 4.67. The average Bonchev–Trinajstić information content (AvgIpc) is 2.38. The molecule has 0 spiro atoms.